The predicted octanol–water partition coefficient (Wildman–Crippen LogP) is 1.62. The van der Waals surface area contributed by atoms with Gasteiger partial charge in [-0.2, -0.15) is 0 Å². The maximum Gasteiger partial charge on any atom is 0.224 e. The SMILES string of the molecule is C[C@@H](CO)NC(=O)[C@H]1CC2c3cccc4[nH]cc(c34)C[C@H]2N(C)C1. The van der Waals surface area contributed by atoms with Gasteiger partial charge in [-0.25, -0.2) is 0 Å². The Bertz CT molecular complexity index is 769. The average molecular weight is 327 g/mol. The van der Waals surface area contributed by atoms with Gasteiger partial charge in [0.05, 0.1) is 12.5 Å². The zero-order valence-corrected chi connectivity index (χ0v) is 14.2. The summed E-state index contributed by atoms with van der Waals surface area (Å²) in [4.78, 5) is 18.3. The number of likely N-dealkylation sites (tertiary alicyclic amines) is 1. The molecule has 2 aromatic rings. The number of amides is 1. The van der Waals surface area contributed by atoms with Crippen LogP contribution < -0.4 is 5.32 Å². The van der Waals surface area contributed by atoms with Gasteiger partial charge in [0.25, 0.3) is 0 Å². The Morgan fingerprint density at radius 3 is 3.12 bits per heavy atom. The lowest BCUT2D eigenvalue weighted by molar-refractivity contribution is -0.128. The molecule has 5 nitrogen and oxygen atoms in total. The molecule has 2 heterocycles. The van der Waals surface area contributed by atoms with E-state index in [0.717, 1.165) is 19.4 Å². The number of fused-ring (bicyclic) bond motifs is 2. The van der Waals surface area contributed by atoms with Crippen molar-refractivity contribution in [2.24, 2.45) is 5.92 Å². The number of rotatable bonds is 3. The number of likely N-dealkylation sites (N-methyl/N-ethyl adjacent to an activating group) is 1. The molecule has 1 unspecified atom stereocenters. The second-order valence-electron chi connectivity index (χ2n) is 7.43. The van der Waals surface area contributed by atoms with Gasteiger partial charge in [-0.3, -0.25) is 4.79 Å². The fourth-order valence-electron chi connectivity index (χ4n) is 4.54. The summed E-state index contributed by atoms with van der Waals surface area (Å²) in [7, 11) is 2.13. The zero-order chi connectivity index (χ0) is 16.8. The molecule has 0 saturated carbocycles. The molecule has 0 radical (unpaired) electrons. The van der Waals surface area contributed by atoms with Crippen molar-refractivity contribution in [1.82, 2.24) is 15.2 Å². The Morgan fingerprint density at radius 2 is 2.33 bits per heavy atom. The lowest BCUT2D eigenvalue weighted by Crippen LogP contribution is -2.52. The first-order valence-corrected chi connectivity index (χ1v) is 8.78. The lowest BCUT2D eigenvalue weighted by atomic mass is 9.72. The van der Waals surface area contributed by atoms with Gasteiger partial charge in [-0.1, -0.05) is 12.1 Å². The molecule has 5 heteroatoms. The summed E-state index contributed by atoms with van der Waals surface area (Å²) in [6.07, 6.45) is 4.06. The molecule has 1 aromatic heterocycles. The molecule has 128 valence electrons. The van der Waals surface area contributed by atoms with E-state index >= 15 is 0 Å². The number of aromatic amines is 1. The Morgan fingerprint density at radius 1 is 1.50 bits per heavy atom. The van der Waals surface area contributed by atoms with Gasteiger partial charge in [0.15, 0.2) is 0 Å². The van der Waals surface area contributed by atoms with E-state index in [-0.39, 0.29) is 24.5 Å². The minimum Gasteiger partial charge on any atom is -0.394 e. The number of aliphatic hydroxyl groups is 1. The van der Waals surface area contributed by atoms with Crippen LogP contribution in [0, 0.1) is 5.92 Å². The van der Waals surface area contributed by atoms with Gasteiger partial charge in [-0.05, 0) is 44.0 Å². The van der Waals surface area contributed by atoms with Crippen LogP contribution in [-0.4, -0.2) is 53.2 Å². The van der Waals surface area contributed by atoms with E-state index in [2.05, 4.69) is 46.6 Å². The number of piperidine rings is 1. The van der Waals surface area contributed by atoms with Crippen LogP contribution in [0.4, 0.5) is 0 Å². The van der Waals surface area contributed by atoms with Gasteiger partial charge in [0, 0.05) is 41.6 Å². The summed E-state index contributed by atoms with van der Waals surface area (Å²) in [6, 6.07) is 6.73. The van der Waals surface area contributed by atoms with Crippen LogP contribution in [0.15, 0.2) is 24.4 Å². The molecule has 24 heavy (non-hydrogen) atoms. The first kappa shape index (κ1) is 15.7. The normalized spacial score (nSPS) is 27.7. The number of nitrogens with zero attached hydrogens (tertiary/aromatic N) is 1. The van der Waals surface area contributed by atoms with E-state index in [1.54, 1.807) is 0 Å². The quantitative estimate of drug-likeness (QED) is 0.802. The third-order valence-corrected chi connectivity index (χ3v) is 5.76. The molecular weight excluding hydrogens is 302 g/mol. The number of nitrogens with one attached hydrogen (secondary N) is 2. The first-order chi connectivity index (χ1) is 11.6. The van der Waals surface area contributed by atoms with E-state index < -0.39 is 0 Å². The van der Waals surface area contributed by atoms with Crippen molar-refractivity contribution < 1.29 is 9.90 Å². The summed E-state index contributed by atoms with van der Waals surface area (Å²) in [6.45, 7) is 2.59. The Labute approximate surface area is 142 Å². The largest absolute Gasteiger partial charge is 0.394 e. The number of H-pyrrole nitrogens is 1. The fourth-order valence-corrected chi connectivity index (χ4v) is 4.54. The molecule has 1 fully saturated rings. The molecule has 1 aromatic carbocycles. The lowest BCUT2D eigenvalue weighted by Gasteiger charge is -2.45. The summed E-state index contributed by atoms with van der Waals surface area (Å²) in [5.74, 6) is 0.422. The van der Waals surface area contributed by atoms with Gasteiger partial charge in [-0.15, -0.1) is 0 Å². The summed E-state index contributed by atoms with van der Waals surface area (Å²) >= 11 is 0. The number of carbonyl (C=O) groups is 1. The number of carbonyl (C=O) groups excluding carboxylic acids is 1. The number of aromatic nitrogens is 1. The van der Waals surface area contributed by atoms with Crippen LogP contribution in [0.1, 0.15) is 30.4 Å². The van der Waals surface area contributed by atoms with Crippen molar-refractivity contribution in [3.63, 3.8) is 0 Å². The highest BCUT2D eigenvalue weighted by molar-refractivity contribution is 5.88. The number of aliphatic hydroxyl groups excluding tert-OH is 1. The second kappa shape index (κ2) is 5.90. The van der Waals surface area contributed by atoms with Crippen LogP contribution in [0.2, 0.25) is 0 Å². The molecule has 0 bridgehead atoms. The maximum absolute atomic E-state index is 12.6. The molecule has 0 spiro atoms. The van der Waals surface area contributed by atoms with E-state index in [0.29, 0.717) is 12.0 Å². The highest BCUT2D eigenvalue weighted by Gasteiger charge is 2.41. The molecule has 4 atom stereocenters. The van der Waals surface area contributed by atoms with Crippen LogP contribution in [-0.2, 0) is 11.2 Å². The van der Waals surface area contributed by atoms with E-state index in [1.165, 1.54) is 22.0 Å². The van der Waals surface area contributed by atoms with Crippen molar-refractivity contribution in [2.45, 2.75) is 37.8 Å². The summed E-state index contributed by atoms with van der Waals surface area (Å²) in [5, 5.41) is 13.5. The number of hydrogen-bond acceptors (Lipinski definition) is 3. The molecule has 1 saturated heterocycles. The molecule has 1 aliphatic heterocycles. The molecule has 1 aliphatic carbocycles. The third kappa shape index (κ3) is 2.43. The number of benzene rings is 1. The van der Waals surface area contributed by atoms with Gasteiger partial charge >= 0.3 is 0 Å². The topological polar surface area (TPSA) is 68.4 Å². The predicted molar refractivity (Wildman–Crippen MR) is 94.0 cm³/mol. The van der Waals surface area contributed by atoms with Crippen LogP contribution in [0.5, 0.6) is 0 Å². The van der Waals surface area contributed by atoms with Crippen molar-refractivity contribution in [1.29, 1.82) is 0 Å². The van der Waals surface area contributed by atoms with Crippen LogP contribution >= 0.6 is 0 Å². The van der Waals surface area contributed by atoms with Gasteiger partial charge in [0.1, 0.15) is 0 Å². The minimum atomic E-state index is -0.188. The maximum atomic E-state index is 12.6. The first-order valence-electron chi connectivity index (χ1n) is 8.78. The Hall–Kier alpha value is -1.85. The molecule has 2 aliphatic rings. The molecule has 4 rings (SSSR count). The monoisotopic (exact) mass is 327 g/mol. The summed E-state index contributed by atoms with van der Waals surface area (Å²) in [5.41, 5.74) is 3.97. The smallest absolute Gasteiger partial charge is 0.224 e. The molecular formula is C19H25N3O2. The van der Waals surface area contributed by atoms with E-state index in [4.69, 9.17) is 0 Å². The zero-order valence-electron chi connectivity index (χ0n) is 14.2. The van der Waals surface area contributed by atoms with Crippen LogP contribution in [0.3, 0.4) is 0 Å². The van der Waals surface area contributed by atoms with Crippen molar-refractivity contribution in [3.8, 4) is 0 Å². The fraction of sp³-hybridized carbons (Fsp3) is 0.526. The van der Waals surface area contributed by atoms with Crippen LogP contribution in [0.25, 0.3) is 10.9 Å². The standard InChI is InChI=1S/C19H25N3O2/c1-11(10-23)21-19(24)13-6-15-14-4-3-5-16-18(14)12(8-20-16)7-17(15)22(2)9-13/h3-5,8,11,13,15,17,20,23H,6-7,9-10H2,1-2H3,(H,21,24)/t11-,13-,15?,17+/m0/s1. The van der Waals surface area contributed by atoms with Crippen molar-refractivity contribution in [2.75, 3.05) is 20.2 Å². The third-order valence-electron chi connectivity index (χ3n) is 5.76. The van der Waals surface area contributed by atoms with E-state index in [9.17, 15) is 9.90 Å². The average Bonchev–Trinajstić information content (AvgIpc) is 3.00. The van der Waals surface area contributed by atoms with E-state index in [1.807, 2.05) is 6.92 Å². The second-order valence-corrected chi connectivity index (χ2v) is 7.43. The highest BCUT2D eigenvalue weighted by atomic mass is 16.3. The number of hydrogen-bond donors (Lipinski definition) is 3. The van der Waals surface area contributed by atoms with Crippen molar-refractivity contribution in [3.05, 3.63) is 35.5 Å². The van der Waals surface area contributed by atoms with Gasteiger partial charge < -0.3 is 20.3 Å². The Kier molecular flexibility index (Phi) is 3.85. The molecule has 3 N–H and O–H groups in total. The minimum absolute atomic E-state index is 0.0215. The Balaban J connectivity index is 1.65. The molecule has 1 amide bonds. The summed E-state index contributed by atoms with van der Waals surface area (Å²) < 4.78 is 0. The van der Waals surface area contributed by atoms with Gasteiger partial charge in [0.2, 0.25) is 5.91 Å². The highest BCUT2D eigenvalue weighted by Crippen LogP contribution is 2.44. The van der Waals surface area contributed by atoms with Crippen molar-refractivity contribution >= 4 is 16.8 Å².